The van der Waals surface area contributed by atoms with Gasteiger partial charge in [-0.3, -0.25) is 44.1 Å². The minimum Gasteiger partial charge on any atom is -0.372 e. The summed E-state index contributed by atoms with van der Waals surface area (Å²) in [4.78, 5) is 74.1. The first kappa shape index (κ1) is 36.8. The Balaban J connectivity index is 0.784. The first-order chi connectivity index (χ1) is 26.6. The maximum absolute atomic E-state index is 13.3. The zero-order valence-electron chi connectivity index (χ0n) is 30.9. The number of anilines is 1. The molecule has 1 unspecified atom stereocenters. The second-order valence-corrected chi connectivity index (χ2v) is 16.2. The Morgan fingerprint density at radius 2 is 1.62 bits per heavy atom. The van der Waals surface area contributed by atoms with Gasteiger partial charge in [-0.15, -0.1) is 0 Å². The van der Waals surface area contributed by atoms with Crippen LogP contribution in [0.1, 0.15) is 124 Å². The number of carbonyl (C=O) groups excluding carboxylic acids is 5. The lowest BCUT2D eigenvalue weighted by atomic mass is 9.80. The first-order valence-corrected chi connectivity index (χ1v) is 19.7. The van der Waals surface area contributed by atoms with Crippen LogP contribution in [0.5, 0.6) is 0 Å². The summed E-state index contributed by atoms with van der Waals surface area (Å²) in [6, 6.07) is 14.7. The Kier molecular flexibility index (Phi) is 10.2. The number of fused-ring (bicyclic) bond motifs is 2. The van der Waals surface area contributed by atoms with Crippen molar-refractivity contribution in [2.24, 2.45) is 5.92 Å². The van der Waals surface area contributed by atoms with Gasteiger partial charge in [-0.1, -0.05) is 11.6 Å². The van der Waals surface area contributed by atoms with Crippen LogP contribution in [-0.4, -0.2) is 76.0 Å². The Labute approximate surface area is 325 Å². The van der Waals surface area contributed by atoms with E-state index in [1.54, 1.807) is 12.3 Å². The fraction of sp³-hybridized carbons (Fsp3) is 0.452. The summed E-state index contributed by atoms with van der Waals surface area (Å²) in [6.45, 7) is 2.35. The summed E-state index contributed by atoms with van der Waals surface area (Å²) in [5, 5.41) is 15.1. The van der Waals surface area contributed by atoms with Crippen LogP contribution in [0.3, 0.4) is 0 Å². The van der Waals surface area contributed by atoms with Crippen LogP contribution in [0.2, 0.25) is 5.02 Å². The van der Waals surface area contributed by atoms with E-state index in [1.165, 1.54) is 0 Å². The van der Waals surface area contributed by atoms with Crippen LogP contribution in [0.4, 0.5) is 5.69 Å². The minimum atomic E-state index is -0.960. The molecule has 55 heavy (non-hydrogen) atoms. The number of halogens is 1. The van der Waals surface area contributed by atoms with Gasteiger partial charge in [0.05, 0.1) is 27.3 Å². The molecule has 1 atom stereocenters. The normalized spacial score (nSPS) is 25.3. The molecule has 2 N–H and O–H groups in total. The third-order valence-corrected chi connectivity index (χ3v) is 12.8. The van der Waals surface area contributed by atoms with Crippen molar-refractivity contribution in [3.63, 3.8) is 0 Å². The summed E-state index contributed by atoms with van der Waals surface area (Å²) in [5.41, 5.74) is 5.82. The summed E-state index contributed by atoms with van der Waals surface area (Å²) in [5.74, 6) is -1.12. The summed E-state index contributed by atoms with van der Waals surface area (Å²) in [6.07, 6.45) is 9.83. The highest BCUT2D eigenvalue weighted by atomic mass is 35.5. The molecule has 3 fully saturated rings. The fourth-order valence-corrected chi connectivity index (χ4v) is 9.47. The first-order valence-electron chi connectivity index (χ1n) is 19.3. The van der Waals surface area contributed by atoms with Gasteiger partial charge in [0.15, 0.2) is 0 Å². The van der Waals surface area contributed by atoms with E-state index in [9.17, 15) is 29.2 Å². The SMILES string of the molecule is CN(c1ccc(C#N)c(Cl)c1)[C@H]1CC[C@H](NC(=O)c2ccc([C@H]3CC[C@H](CN4Cc5cc6c(cc5C4)C(=O)N(C4CCC(=O)NC4=O)C6=O)CC3)nc2)CC1. The fourth-order valence-electron chi connectivity index (χ4n) is 9.26. The van der Waals surface area contributed by atoms with Gasteiger partial charge in [0.1, 0.15) is 12.1 Å². The number of nitriles is 1. The number of nitrogens with zero attached hydrogens (tertiary/aromatic N) is 5. The molecule has 2 saturated carbocycles. The summed E-state index contributed by atoms with van der Waals surface area (Å²) < 4.78 is 0. The molecule has 5 amide bonds. The Hall–Kier alpha value is -5.12. The molecular formula is C42H44ClN7O5. The quantitative estimate of drug-likeness (QED) is 0.284. The van der Waals surface area contributed by atoms with Gasteiger partial charge in [-0.2, -0.15) is 5.26 Å². The predicted octanol–water partition coefficient (Wildman–Crippen LogP) is 5.47. The maximum atomic E-state index is 13.3. The highest BCUT2D eigenvalue weighted by Gasteiger charge is 2.45. The molecule has 8 rings (SSSR count). The van der Waals surface area contributed by atoms with Crippen molar-refractivity contribution >= 4 is 46.8 Å². The van der Waals surface area contributed by atoms with E-state index in [4.69, 9.17) is 16.6 Å². The van der Waals surface area contributed by atoms with E-state index >= 15 is 0 Å². The van der Waals surface area contributed by atoms with Crippen molar-refractivity contribution in [1.82, 2.24) is 25.4 Å². The molecule has 0 radical (unpaired) electrons. The van der Waals surface area contributed by atoms with Crippen molar-refractivity contribution in [3.05, 3.63) is 92.8 Å². The van der Waals surface area contributed by atoms with Gasteiger partial charge in [-0.05, 0) is 117 Å². The van der Waals surface area contributed by atoms with Crippen molar-refractivity contribution in [1.29, 1.82) is 5.26 Å². The van der Waals surface area contributed by atoms with Crippen LogP contribution in [0, 0.1) is 17.2 Å². The van der Waals surface area contributed by atoms with E-state index in [2.05, 4.69) is 33.6 Å². The van der Waals surface area contributed by atoms with E-state index in [0.717, 1.165) is 85.3 Å². The monoisotopic (exact) mass is 761 g/mol. The van der Waals surface area contributed by atoms with Crippen molar-refractivity contribution in [2.75, 3.05) is 18.5 Å². The predicted molar refractivity (Wildman–Crippen MR) is 204 cm³/mol. The van der Waals surface area contributed by atoms with Crippen LogP contribution in [-0.2, 0) is 22.7 Å². The molecule has 5 aliphatic rings. The lowest BCUT2D eigenvalue weighted by Gasteiger charge is -2.36. The van der Waals surface area contributed by atoms with E-state index in [1.807, 2.05) is 36.4 Å². The largest absolute Gasteiger partial charge is 0.372 e. The second-order valence-electron chi connectivity index (χ2n) is 15.8. The molecule has 13 heteroatoms. The molecule has 284 valence electrons. The van der Waals surface area contributed by atoms with Crippen LogP contribution in [0.15, 0.2) is 48.7 Å². The van der Waals surface area contributed by atoms with Gasteiger partial charge >= 0.3 is 0 Å². The highest BCUT2D eigenvalue weighted by Crippen LogP contribution is 2.38. The summed E-state index contributed by atoms with van der Waals surface area (Å²) in [7, 11) is 2.05. The topological polar surface area (TPSA) is 156 Å². The molecule has 0 spiro atoms. The maximum Gasteiger partial charge on any atom is 0.262 e. The molecule has 0 bridgehead atoms. The molecule has 3 aromatic rings. The molecule has 1 aromatic heterocycles. The van der Waals surface area contributed by atoms with Crippen molar-refractivity contribution < 1.29 is 24.0 Å². The van der Waals surface area contributed by atoms with Gasteiger partial charge in [0, 0.05) is 68.7 Å². The highest BCUT2D eigenvalue weighted by molar-refractivity contribution is 6.32. The van der Waals surface area contributed by atoms with Gasteiger partial charge < -0.3 is 10.2 Å². The summed E-state index contributed by atoms with van der Waals surface area (Å²) >= 11 is 6.26. The number of pyridine rings is 1. The third kappa shape index (κ3) is 7.35. The molecule has 2 aliphatic carbocycles. The number of hydrogen-bond donors (Lipinski definition) is 2. The Bertz CT molecular complexity index is 2050. The van der Waals surface area contributed by atoms with E-state index in [0.29, 0.717) is 58.2 Å². The third-order valence-electron chi connectivity index (χ3n) is 12.4. The molecule has 4 heterocycles. The zero-order chi connectivity index (χ0) is 38.4. The standard InChI is InChI=1S/C42H44ClN7O5/c1-48(32-10-6-26(19-44)35(43)18-32)31-11-8-30(9-12-31)46-39(52)27-7-13-36(45-20-27)25-4-2-24(3-5-25)21-49-22-28-16-33-34(17-29(28)23-49)42(55)50(41(33)54)37-14-15-38(51)47-40(37)53/h6-7,10,13,16-18,20,24-25,30-31,37H,2-5,8-9,11-12,14-15,21-23H2,1H3,(H,46,52)(H,47,51,53)/t24-,25-,30-,31-,37?. The number of nitrogens with one attached hydrogen (secondary N) is 2. The number of benzene rings is 2. The van der Waals surface area contributed by atoms with Gasteiger partial charge in [-0.25, -0.2) is 0 Å². The Morgan fingerprint density at radius 3 is 2.22 bits per heavy atom. The van der Waals surface area contributed by atoms with Crippen LogP contribution in [0.25, 0.3) is 0 Å². The molecular weight excluding hydrogens is 718 g/mol. The smallest absolute Gasteiger partial charge is 0.262 e. The van der Waals surface area contributed by atoms with Crippen molar-refractivity contribution in [3.8, 4) is 6.07 Å². The molecule has 1 saturated heterocycles. The number of rotatable bonds is 8. The number of aromatic nitrogens is 1. The Morgan fingerprint density at radius 1 is 0.927 bits per heavy atom. The number of hydrogen-bond acceptors (Lipinski definition) is 9. The van der Waals surface area contributed by atoms with Crippen LogP contribution >= 0.6 is 11.6 Å². The molecule has 3 aliphatic heterocycles. The van der Waals surface area contributed by atoms with Crippen LogP contribution < -0.4 is 15.5 Å². The molecule has 12 nitrogen and oxygen atoms in total. The minimum absolute atomic E-state index is 0.0874. The second kappa shape index (κ2) is 15.2. The van der Waals surface area contributed by atoms with Gasteiger partial charge in [0.2, 0.25) is 11.8 Å². The van der Waals surface area contributed by atoms with Crippen molar-refractivity contribution in [2.45, 2.75) is 101 Å². The zero-order valence-corrected chi connectivity index (χ0v) is 31.6. The molecule has 2 aromatic carbocycles. The number of amides is 5. The number of imide groups is 2. The average molecular weight is 762 g/mol. The number of carbonyl (C=O) groups is 5. The van der Waals surface area contributed by atoms with E-state index in [-0.39, 0.29) is 30.7 Å². The van der Waals surface area contributed by atoms with E-state index < -0.39 is 23.8 Å². The lowest BCUT2D eigenvalue weighted by molar-refractivity contribution is -0.136. The lowest BCUT2D eigenvalue weighted by Crippen LogP contribution is -2.54. The number of piperidine rings is 1. The average Bonchev–Trinajstić information content (AvgIpc) is 3.69. The van der Waals surface area contributed by atoms with Gasteiger partial charge in [0.25, 0.3) is 17.7 Å².